The van der Waals surface area contributed by atoms with Gasteiger partial charge in [0.1, 0.15) is 4.90 Å². The third-order valence-corrected chi connectivity index (χ3v) is 4.65. The number of benzene rings is 1. The molecule has 0 saturated carbocycles. The van der Waals surface area contributed by atoms with Crippen molar-refractivity contribution >= 4 is 52.8 Å². The Morgan fingerprint density at radius 2 is 2.00 bits per heavy atom. The smallest absolute Gasteiger partial charge is 0.207 e. The van der Waals surface area contributed by atoms with Crippen LogP contribution in [0.2, 0.25) is 5.02 Å². The first-order valence-electron chi connectivity index (χ1n) is 3.71. The molecule has 1 aromatic carbocycles. The summed E-state index contributed by atoms with van der Waals surface area (Å²) < 4.78 is 35.9. The van der Waals surface area contributed by atoms with Crippen molar-refractivity contribution in [1.29, 1.82) is 0 Å². The van der Waals surface area contributed by atoms with Crippen molar-refractivity contribution in [2.24, 2.45) is 0 Å². The van der Waals surface area contributed by atoms with Crippen LogP contribution >= 0.6 is 33.6 Å². The first-order chi connectivity index (χ1) is 6.91. The first-order valence-corrected chi connectivity index (χ1v) is 7.28. The van der Waals surface area contributed by atoms with Crippen LogP contribution in [-0.2, 0) is 9.05 Å². The molecule has 0 spiro atoms. The molecule has 80 valence electrons. The molecule has 2 nitrogen and oxygen atoms in total. The van der Waals surface area contributed by atoms with E-state index in [0.717, 1.165) is 11.3 Å². The highest BCUT2D eigenvalue weighted by Crippen LogP contribution is 2.35. The van der Waals surface area contributed by atoms with Gasteiger partial charge in [-0.3, -0.25) is 0 Å². The van der Waals surface area contributed by atoms with E-state index in [9.17, 15) is 12.8 Å². The first kappa shape index (κ1) is 11.1. The van der Waals surface area contributed by atoms with Crippen molar-refractivity contribution in [2.45, 2.75) is 4.90 Å². The predicted molar refractivity (Wildman–Crippen MR) is 59.8 cm³/mol. The number of hydrogen-bond donors (Lipinski definition) is 0. The number of thiophene rings is 1. The average molecular weight is 285 g/mol. The van der Waals surface area contributed by atoms with Crippen LogP contribution in [0.5, 0.6) is 0 Å². The SMILES string of the molecule is O=S(=O)(Cl)c1csc2c(F)c(Cl)ccc12. The third-order valence-electron chi connectivity index (χ3n) is 1.86. The van der Waals surface area contributed by atoms with Gasteiger partial charge in [0.2, 0.25) is 0 Å². The van der Waals surface area contributed by atoms with Crippen LogP contribution in [0.25, 0.3) is 10.1 Å². The maximum absolute atomic E-state index is 13.4. The van der Waals surface area contributed by atoms with Gasteiger partial charge in [-0.15, -0.1) is 11.3 Å². The summed E-state index contributed by atoms with van der Waals surface area (Å²) in [5, 5.41) is 1.52. The van der Waals surface area contributed by atoms with Crippen molar-refractivity contribution in [3.8, 4) is 0 Å². The Bertz CT molecular complexity index is 633. The molecule has 0 aliphatic heterocycles. The summed E-state index contributed by atoms with van der Waals surface area (Å²) in [4.78, 5) is -0.0836. The number of hydrogen-bond acceptors (Lipinski definition) is 3. The molecule has 0 N–H and O–H groups in total. The summed E-state index contributed by atoms with van der Waals surface area (Å²) >= 11 is 6.52. The van der Waals surface area contributed by atoms with Gasteiger partial charge in [-0.2, -0.15) is 0 Å². The third kappa shape index (κ3) is 1.85. The van der Waals surface area contributed by atoms with E-state index in [1.807, 2.05) is 0 Å². The van der Waals surface area contributed by atoms with Crippen molar-refractivity contribution in [1.82, 2.24) is 0 Å². The number of fused-ring (bicyclic) bond motifs is 1. The van der Waals surface area contributed by atoms with Gasteiger partial charge >= 0.3 is 0 Å². The van der Waals surface area contributed by atoms with Crippen LogP contribution in [0.1, 0.15) is 0 Å². The minimum absolute atomic E-state index is 0.0390. The molecule has 1 heterocycles. The molecule has 0 aliphatic carbocycles. The molecular formula is C8H3Cl2FO2S2. The second-order valence-electron chi connectivity index (χ2n) is 2.78. The standard InChI is InChI=1S/C8H3Cl2FO2S2/c9-5-2-1-4-6(15(10,12)13)3-14-8(4)7(5)11/h1-3H. The summed E-state index contributed by atoms with van der Waals surface area (Å²) in [5.74, 6) is -0.620. The lowest BCUT2D eigenvalue weighted by molar-refractivity contribution is 0.610. The van der Waals surface area contributed by atoms with Crippen LogP contribution in [-0.4, -0.2) is 8.42 Å². The highest BCUT2D eigenvalue weighted by Gasteiger charge is 2.18. The molecule has 7 heteroatoms. The minimum atomic E-state index is -3.84. The molecule has 0 aliphatic rings. The number of halogens is 3. The molecule has 15 heavy (non-hydrogen) atoms. The fourth-order valence-electron chi connectivity index (χ4n) is 1.21. The van der Waals surface area contributed by atoms with Crippen molar-refractivity contribution < 1.29 is 12.8 Å². The topological polar surface area (TPSA) is 34.1 Å². The zero-order valence-electron chi connectivity index (χ0n) is 7.00. The second kappa shape index (κ2) is 3.59. The van der Waals surface area contributed by atoms with E-state index in [1.165, 1.54) is 17.5 Å². The summed E-state index contributed by atoms with van der Waals surface area (Å²) in [6, 6.07) is 2.74. The van der Waals surface area contributed by atoms with Crippen LogP contribution in [0.3, 0.4) is 0 Å². The largest absolute Gasteiger partial charge is 0.262 e. The highest BCUT2D eigenvalue weighted by molar-refractivity contribution is 8.14. The molecule has 0 atom stereocenters. The maximum atomic E-state index is 13.4. The predicted octanol–water partition coefficient (Wildman–Crippen LogP) is 3.62. The minimum Gasteiger partial charge on any atom is -0.207 e. The van der Waals surface area contributed by atoms with Crippen molar-refractivity contribution in [3.05, 3.63) is 28.4 Å². The lowest BCUT2D eigenvalue weighted by Crippen LogP contribution is -1.88. The molecule has 0 bridgehead atoms. The van der Waals surface area contributed by atoms with Gasteiger partial charge in [-0.05, 0) is 6.07 Å². The lowest BCUT2D eigenvalue weighted by atomic mass is 10.2. The summed E-state index contributed by atoms with van der Waals surface area (Å²) in [6.45, 7) is 0. The second-order valence-corrected chi connectivity index (χ2v) is 6.60. The Balaban J connectivity index is 2.90. The molecule has 2 rings (SSSR count). The highest BCUT2D eigenvalue weighted by atomic mass is 35.7. The van der Waals surface area contributed by atoms with E-state index in [4.69, 9.17) is 22.3 Å². The van der Waals surface area contributed by atoms with Gasteiger partial charge in [-0.25, -0.2) is 12.8 Å². The van der Waals surface area contributed by atoms with E-state index in [1.54, 1.807) is 0 Å². The van der Waals surface area contributed by atoms with Crippen molar-refractivity contribution in [3.63, 3.8) is 0 Å². The summed E-state index contributed by atoms with van der Waals surface area (Å²) in [6.07, 6.45) is 0. The van der Waals surface area contributed by atoms with E-state index in [0.29, 0.717) is 0 Å². The van der Waals surface area contributed by atoms with E-state index in [-0.39, 0.29) is 20.0 Å². The van der Waals surface area contributed by atoms with Crippen molar-refractivity contribution in [2.75, 3.05) is 0 Å². The molecule has 0 radical (unpaired) electrons. The molecule has 1 aromatic heterocycles. The molecule has 0 amide bonds. The van der Waals surface area contributed by atoms with Gasteiger partial charge < -0.3 is 0 Å². The normalized spacial score (nSPS) is 12.2. The van der Waals surface area contributed by atoms with Gasteiger partial charge in [0.15, 0.2) is 5.82 Å². The monoisotopic (exact) mass is 284 g/mol. The van der Waals surface area contributed by atoms with Crippen LogP contribution < -0.4 is 0 Å². The van der Waals surface area contributed by atoms with Gasteiger partial charge in [0.05, 0.1) is 9.72 Å². The van der Waals surface area contributed by atoms with Crippen LogP contribution in [0.15, 0.2) is 22.4 Å². The van der Waals surface area contributed by atoms with Gasteiger partial charge in [0.25, 0.3) is 9.05 Å². The average Bonchev–Trinajstić information content (AvgIpc) is 2.54. The molecule has 0 saturated heterocycles. The Hall–Kier alpha value is -0.360. The van der Waals surface area contributed by atoms with Gasteiger partial charge in [0, 0.05) is 21.4 Å². The Labute approximate surface area is 98.7 Å². The molecule has 0 unspecified atom stereocenters. The number of rotatable bonds is 1. The Morgan fingerprint density at radius 1 is 1.33 bits per heavy atom. The lowest BCUT2D eigenvalue weighted by Gasteiger charge is -1.96. The zero-order valence-corrected chi connectivity index (χ0v) is 10.1. The maximum Gasteiger partial charge on any atom is 0.262 e. The Kier molecular flexibility index (Phi) is 2.66. The Morgan fingerprint density at radius 3 is 2.60 bits per heavy atom. The van der Waals surface area contributed by atoms with Crippen LogP contribution in [0, 0.1) is 5.82 Å². The molecule has 2 aromatic rings. The fraction of sp³-hybridized carbons (Fsp3) is 0. The van der Waals surface area contributed by atoms with Crippen LogP contribution in [0.4, 0.5) is 4.39 Å². The fourth-order valence-corrected chi connectivity index (χ4v) is 3.97. The van der Waals surface area contributed by atoms with E-state index in [2.05, 4.69) is 0 Å². The summed E-state index contributed by atoms with van der Waals surface area (Å²) in [7, 11) is 1.35. The zero-order chi connectivity index (χ0) is 11.2. The quantitative estimate of drug-likeness (QED) is 0.750. The van der Waals surface area contributed by atoms with E-state index >= 15 is 0 Å². The molecular weight excluding hydrogens is 282 g/mol. The van der Waals surface area contributed by atoms with Gasteiger partial charge in [-0.1, -0.05) is 17.7 Å². The van der Waals surface area contributed by atoms with E-state index < -0.39 is 14.9 Å². The summed E-state index contributed by atoms with van der Waals surface area (Å²) in [5.41, 5.74) is 0. The molecule has 0 fully saturated rings.